The monoisotopic (exact) mass is 355 g/mol. The minimum atomic E-state index is -1.32. The average molecular weight is 356 g/mol. The lowest BCUT2D eigenvalue weighted by Crippen LogP contribution is -2.05. The van der Waals surface area contributed by atoms with E-state index in [1.807, 2.05) is 0 Å². The summed E-state index contributed by atoms with van der Waals surface area (Å²) in [7, 11) is 0. The van der Waals surface area contributed by atoms with Gasteiger partial charge in [0.05, 0.1) is 18.5 Å². The molecule has 1 aromatic carbocycles. The van der Waals surface area contributed by atoms with Crippen LogP contribution in [-0.4, -0.2) is 27.2 Å². The molecule has 2 aromatic heterocycles. The highest BCUT2D eigenvalue weighted by Crippen LogP contribution is 2.27. The van der Waals surface area contributed by atoms with Crippen LogP contribution in [0.5, 0.6) is 0 Å². The highest BCUT2D eigenvalue weighted by molar-refractivity contribution is 6.30. The fourth-order valence-electron chi connectivity index (χ4n) is 2.14. The van der Waals surface area contributed by atoms with Crippen molar-refractivity contribution in [2.45, 2.75) is 6.92 Å². The van der Waals surface area contributed by atoms with Crippen molar-refractivity contribution in [1.29, 1.82) is 0 Å². The molecule has 3 aromatic rings. The Morgan fingerprint density at radius 3 is 2.62 bits per heavy atom. The Bertz CT molecular complexity index is 959. The highest BCUT2D eigenvalue weighted by atomic mass is 35.5. The zero-order chi connectivity index (χ0) is 17.4. The molecule has 0 aliphatic heterocycles. The fourth-order valence-corrected chi connectivity index (χ4v) is 2.36. The van der Waals surface area contributed by atoms with Gasteiger partial charge in [0.25, 0.3) is 0 Å². The van der Waals surface area contributed by atoms with E-state index in [9.17, 15) is 18.0 Å². The van der Waals surface area contributed by atoms with Crippen LogP contribution in [0.15, 0.2) is 24.4 Å². The van der Waals surface area contributed by atoms with Gasteiger partial charge in [0.2, 0.25) is 0 Å². The first-order valence-electron chi connectivity index (χ1n) is 6.78. The molecule has 5 nitrogen and oxygen atoms in total. The van der Waals surface area contributed by atoms with Gasteiger partial charge in [0, 0.05) is 17.7 Å². The van der Waals surface area contributed by atoms with Crippen molar-refractivity contribution in [3.63, 3.8) is 0 Å². The zero-order valence-corrected chi connectivity index (χ0v) is 12.9. The third-order valence-corrected chi connectivity index (χ3v) is 3.48. The van der Waals surface area contributed by atoms with Gasteiger partial charge >= 0.3 is 5.97 Å². The molecular weight excluding hydrogens is 347 g/mol. The lowest BCUT2D eigenvalue weighted by molar-refractivity contribution is 0.0528. The van der Waals surface area contributed by atoms with Crippen LogP contribution in [0.1, 0.15) is 17.3 Å². The number of aromatic nitrogens is 3. The van der Waals surface area contributed by atoms with Gasteiger partial charge in [0.1, 0.15) is 16.5 Å². The van der Waals surface area contributed by atoms with Crippen molar-refractivity contribution in [3.8, 4) is 11.3 Å². The lowest BCUT2D eigenvalue weighted by atomic mass is 10.1. The molecule has 0 saturated carbocycles. The molecule has 0 bridgehead atoms. The minimum Gasteiger partial charge on any atom is -0.462 e. The molecule has 0 saturated heterocycles. The first-order valence-corrected chi connectivity index (χ1v) is 7.16. The predicted molar refractivity (Wildman–Crippen MR) is 79.3 cm³/mol. The van der Waals surface area contributed by atoms with Crippen molar-refractivity contribution in [2.75, 3.05) is 6.61 Å². The van der Waals surface area contributed by atoms with Crippen LogP contribution in [0.2, 0.25) is 5.15 Å². The number of fused-ring (bicyclic) bond motifs is 1. The zero-order valence-electron chi connectivity index (χ0n) is 12.2. The Labute approximate surface area is 138 Å². The van der Waals surface area contributed by atoms with Gasteiger partial charge in [-0.2, -0.15) is 5.10 Å². The normalized spacial score (nSPS) is 11.0. The third kappa shape index (κ3) is 2.69. The number of hydrogen-bond acceptors (Lipinski definition) is 4. The summed E-state index contributed by atoms with van der Waals surface area (Å²) in [6, 6.07) is 2.31. The van der Waals surface area contributed by atoms with Crippen LogP contribution in [0.3, 0.4) is 0 Å². The number of ether oxygens (including phenoxy) is 1. The van der Waals surface area contributed by atoms with Gasteiger partial charge < -0.3 is 4.74 Å². The summed E-state index contributed by atoms with van der Waals surface area (Å²) in [4.78, 5) is 16.0. The number of nitrogens with zero attached hydrogens (tertiary/aromatic N) is 3. The molecule has 0 N–H and O–H groups in total. The molecule has 0 unspecified atom stereocenters. The number of hydrogen-bond donors (Lipinski definition) is 0. The summed E-state index contributed by atoms with van der Waals surface area (Å²) in [6.07, 6.45) is 1.21. The number of carbonyl (C=O) groups excluding carboxylic acids is 1. The Morgan fingerprint density at radius 2 is 1.92 bits per heavy atom. The second kappa shape index (κ2) is 6.12. The van der Waals surface area contributed by atoms with Gasteiger partial charge in [-0.1, -0.05) is 11.6 Å². The SMILES string of the molecule is CCOC(=O)c1cnn2c(Cl)cc(-c3cc(F)c(F)cc3F)nc12. The van der Waals surface area contributed by atoms with Crippen molar-refractivity contribution in [2.24, 2.45) is 0 Å². The van der Waals surface area contributed by atoms with Gasteiger partial charge in [-0.15, -0.1) is 0 Å². The number of halogens is 4. The molecule has 24 heavy (non-hydrogen) atoms. The standard InChI is InChI=1S/C15H9ClF3N3O2/c1-2-24-15(23)8-6-20-22-13(16)5-12(21-14(8)22)7-3-10(18)11(19)4-9(7)17/h3-6H,2H2,1H3. The molecule has 124 valence electrons. The molecule has 0 amide bonds. The number of carbonyl (C=O) groups is 1. The highest BCUT2D eigenvalue weighted by Gasteiger charge is 2.20. The van der Waals surface area contributed by atoms with Crippen molar-refractivity contribution >= 4 is 23.2 Å². The number of rotatable bonds is 3. The Balaban J connectivity index is 2.22. The molecule has 0 aliphatic carbocycles. The lowest BCUT2D eigenvalue weighted by Gasteiger charge is -2.07. The van der Waals surface area contributed by atoms with Gasteiger partial charge in [-0.25, -0.2) is 27.5 Å². The molecule has 0 radical (unpaired) electrons. The Morgan fingerprint density at radius 1 is 1.21 bits per heavy atom. The maximum absolute atomic E-state index is 13.9. The summed E-state index contributed by atoms with van der Waals surface area (Å²) in [6.45, 7) is 1.77. The van der Waals surface area contributed by atoms with Crippen molar-refractivity contribution in [1.82, 2.24) is 14.6 Å². The topological polar surface area (TPSA) is 56.5 Å². The summed E-state index contributed by atoms with van der Waals surface area (Å²) in [5, 5.41) is 3.91. The fraction of sp³-hybridized carbons (Fsp3) is 0.133. The predicted octanol–water partition coefficient (Wildman–Crippen LogP) is 3.64. The van der Waals surface area contributed by atoms with E-state index < -0.39 is 23.4 Å². The molecule has 0 atom stereocenters. The van der Waals surface area contributed by atoms with E-state index in [-0.39, 0.29) is 34.2 Å². The maximum atomic E-state index is 13.9. The van der Waals surface area contributed by atoms with E-state index >= 15 is 0 Å². The van der Waals surface area contributed by atoms with Crippen LogP contribution in [-0.2, 0) is 4.74 Å². The van der Waals surface area contributed by atoms with Crippen molar-refractivity contribution < 1.29 is 22.7 Å². The van der Waals surface area contributed by atoms with Crippen molar-refractivity contribution in [3.05, 3.63) is 52.6 Å². The van der Waals surface area contributed by atoms with Crippen LogP contribution in [0.4, 0.5) is 13.2 Å². The average Bonchev–Trinajstić information content (AvgIpc) is 2.95. The minimum absolute atomic E-state index is 0.00896. The van der Waals surface area contributed by atoms with Gasteiger partial charge in [0.15, 0.2) is 17.3 Å². The largest absolute Gasteiger partial charge is 0.462 e. The molecule has 9 heteroatoms. The molecule has 0 fully saturated rings. The summed E-state index contributed by atoms with van der Waals surface area (Å²) < 4.78 is 46.5. The second-order valence-electron chi connectivity index (χ2n) is 4.72. The summed E-state index contributed by atoms with van der Waals surface area (Å²) >= 11 is 6.05. The van der Waals surface area contributed by atoms with E-state index in [2.05, 4.69) is 10.1 Å². The smallest absolute Gasteiger partial charge is 0.343 e. The van der Waals surface area contributed by atoms with Gasteiger partial charge in [-0.3, -0.25) is 0 Å². The summed E-state index contributed by atoms with van der Waals surface area (Å²) in [5.41, 5.74) is -0.340. The molecular formula is C15H9ClF3N3O2. The molecule has 2 heterocycles. The van der Waals surface area contributed by atoms with Crippen LogP contribution in [0.25, 0.3) is 16.9 Å². The second-order valence-corrected chi connectivity index (χ2v) is 5.11. The molecule has 3 rings (SSSR count). The van der Waals surface area contributed by atoms with E-state index in [0.29, 0.717) is 12.1 Å². The van der Waals surface area contributed by atoms with E-state index in [1.54, 1.807) is 6.92 Å². The molecule has 0 aliphatic rings. The Kier molecular flexibility index (Phi) is 4.15. The van der Waals surface area contributed by atoms with E-state index in [0.717, 1.165) is 4.52 Å². The van der Waals surface area contributed by atoms with Crippen LogP contribution < -0.4 is 0 Å². The Hall–Kier alpha value is -2.61. The van der Waals surface area contributed by atoms with Crippen LogP contribution >= 0.6 is 11.6 Å². The maximum Gasteiger partial charge on any atom is 0.343 e. The molecule has 0 spiro atoms. The third-order valence-electron chi connectivity index (χ3n) is 3.21. The first-order chi connectivity index (χ1) is 11.4. The van der Waals surface area contributed by atoms with Gasteiger partial charge in [-0.05, 0) is 13.0 Å². The van der Waals surface area contributed by atoms with E-state index in [1.165, 1.54) is 12.3 Å². The quantitative estimate of drug-likeness (QED) is 0.409. The number of esters is 1. The van der Waals surface area contributed by atoms with Crippen LogP contribution in [0, 0.1) is 17.5 Å². The summed E-state index contributed by atoms with van der Waals surface area (Å²) in [5.74, 6) is -4.25. The first kappa shape index (κ1) is 16.3. The number of benzene rings is 1. The van der Waals surface area contributed by atoms with E-state index in [4.69, 9.17) is 16.3 Å².